The molecule has 0 radical (unpaired) electrons. The summed E-state index contributed by atoms with van der Waals surface area (Å²) in [4.78, 5) is 14.0. The Hall–Kier alpha value is -1.17. The summed E-state index contributed by atoms with van der Waals surface area (Å²) in [5.41, 5.74) is 0. The minimum atomic E-state index is -2.87. The quantitative estimate of drug-likeness (QED) is 0.438. The molecule has 4 nitrogen and oxygen atoms in total. The van der Waals surface area contributed by atoms with Crippen molar-refractivity contribution in [2.45, 2.75) is 43.9 Å². The van der Waals surface area contributed by atoms with Crippen LogP contribution in [0, 0.1) is 0 Å². The second kappa shape index (κ2) is 8.09. The molecule has 0 saturated heterocycles. The Bertz CT molecular complexity index is 505. The summed E-state index contributed by atoms with van der Waals surface area (Å²) in [6.45, 7) is 2.08. The molecule has 0 aromatic heterocycles. The smallest absolute Gasteiger partial charge is 0.137 e. The van der Waals surface area contributed by atoms with E-state index in [2.05, 4.69) is 6.92 Å². The SMILES string of the molecule is CCCCCC(=O)CC=S(=O)(NO)c1ccccc1. The van der Waals surface area contributed by atoms with Crippen LogP contribution in [-0.2, 0) is 14.5 Å². The van der Waals surface area contributed by atoms with Gasteiger partial charge in [-0.15, -0.1) is 4.89 Å². The Labute approximate surface area is 114 Å². The van der Waals surface area contributed by atoms with Gasteiger partial charge in [0.1, 0.15) is 5.78 Å². The Balaban J connectivity index is 2.72. The number of carbonyl (C=O) groups excluding carboxylic acids is 1. The number of rotatable bonds is 8. The molecule has 0 saturated carbocycles. The van der Waals surface area contributed by atoms with Gasteiger partial charge in [-0.1, -0.05) is 38.0 Å². The zero-order chi connectivity index (χ0) is 14.1. The van der Waals surface area contributed by atoms with Gasteiger partial charge in [-0.25, -0.2) is 4.21 Å². The predicted molar refractivity (Wildman–Crippen MR) is 77.6 cm³/mol. The van der Waals surface area contributed by atoms with Crippen LogP contribution in [0.25, 0.3) is 0 Å². The molecule has 1 atom stereocenters. The van der Waals surface area contributed by atoms with Crippen LogP contribution in [0.2, 0.25) is 0 Å². The molecule has 0 bridgehead atoms. The molecule has 1 unspecified atom stereocenters. The zero-order valence-corrected chi connectivity index (χ0v) is 12.0. The van der Waals surface area contributed by atoms with E-state index in [0.29, 0.717) is 11.3 Å². The molecule has 0 fully saturated rings. The minimum Gasteiger partial charge on any atom is -0.304 e. The highest BCUT2D eigenvalue weighted by Crippen LogP contribution is 2.09. The number of Topliss-reactive ketones (excluding diaryl/α,β-unsaturated/α-hetero) is 1. The van der Waals surface area contributed by atoms with Gasteiger partial charge in [0.25, 0.3) is 0 Å². The molecule has 2 N–H and O–H groups in total. The second-order valence-electron chi connectivity index (χ2n) is 4.37. The summed E-state index contributed by atoms with van der Waals surface area (Å²) in [6, 6.07) is 8.59. The molecule has 0 amide bonds. The fourth-order valence-corrected chi connectivity index (χ4v) is 3.05. The van der Waals surface area contributed by atoms with Gasteiger partial charge in [0.15, 0.2) is 0 Å². The molecule has 1 aromatic rings. The van der Waals surface area contributed by atoms with Crippen molar-refractivity contribution in [1.29, 1.82) is 0 Å². The summed E-state index contributed by atoms with van der Waals surface area (Å²) >= 11 is 0. The molecule has 106 valence electrons. The Morgan fingerprint density at radius 3 is 2.58 bits per heavy atom. The van der Waals surface area contributed by atoms with Gasteiger partial charge in [-0.05, 0) is 23.9 Å². The van der Waals surface area contributed by atoms with Crippen molar-refractivity contribution in [1.82, 2.24) is 4.89 Å². The van der Waals surface area contributed by atoms with Crippen LogP contribution in [-0.4, -0.2) is 20.6 Å². The molecule has 0 spiro atoms. The van der Waals surface area contributed by atoms with E-state index in [-0.39, 0.29) is 12.2 Å². The Kier molecular flexibility index (Phi) is 6.77. The maximum absolute atomic E-state index is 12.4. The summed E-state index contributed by atoms with van der Waals surface area (Å²) in [5.74, 6) is 0.0485. The summed E-state index contributed by atoms with van der Waals surface area (Å²) in [5, 5.41) is 10.5. The van der Waals surface area contributed by atoms with Gasteiger partial charge in [0, 0.05) is 17.7 Å². The van der Waals surface area contributed by atoms with E-state index in [4.69, 9.17) is 5.21 Å². The van der Waals surface area contributed by atoms with Crippen molar-refractivity contribution in [3.63, 3.8) is 0 Å². The van der Waals surface area contributed by atoms with Crippen LogP contribution in [0.3, 0.4) is 0 Å². The van der Waals surface area contributed by atoms with E-state index in [1.807, 2.05) is 4.89 Å². The topological polar surface area (TPSA) is 66.4 Å². The molecule has 0 aliphatic heterocycles. The number of unbranched alkanes of at least 4 members (excludes halogenated alkanes) is 2. The largest absolute Gasteiger partial charge is 0.304 e. The Morgan fingerprint density at radius 1 is 1.32 bits per heavy atom. The van der Waals surface area contributed by atoms with E-state index < -0.39 is 9.71 Å². The number of nitrogens with one attached hydrogen (secondary N) is 1. The molecule has 5 heteroatoms. The van der Waals surface area contributed by atoms with Crippen molar-refractivity contribution < 1.29 is 14.2 Å². The number of hydrogen-bond donors (Lipinski definition) is 2. The fraction of sp³-hybridized carbons (Fsp3) is 0.429. The van der Waals surface area contributed by atoms with Crippen LogP contribution in [0.1, 0.15) is 39.0 Å². The van der Waals surface area contributed by atoms with Crippen molar-refractivity contribution in [3.8, 4) is 0 Å². The van der Waals surface area contributed by atoms with Crippen LogP contribution in [0.15, 0.2) is 35.2 Å². The number of ketones is 1. The number of benzene rings is 1. The lowest BCUT2D eigenvalue weighted by molar-refractivity contribution is -0.117. The van der Waals surface area contributed by atoms with E-state index in [0.717, 1.165) is 19.3 Å². The molecule has 0 heterocycles. The van der Waals surface area contributed by atoms with Gasteiger partial charge in [0.05, 0.1) is 9.71 Å². The van der Waals surface area contributed by atoms with Crippen molar-refractivity contribution >= 4 is 20.9 Å². The highest BCUT2D eigenvalue weighted by molar-refractivity contribution is 7.99. The molecule has 1 aromatic carbocycles. The highest BCUT2D eigenvalue weighted by Gasteiger charge is 2.09. The molecule has 1 rings (SSSR count). The van der Waals surface area contributed by atoms with Gasteiger partial charge >= 0.3 is 0 Å². The molecule has 0 aliphatic rings. The lowest BCUT2D eigenvalue weighted by Gasteiger charge is -2.08. The van der Waals surface area contributed by atoms with Gasteiger partial charge in [-0.2, -0.15) is 0 Å². The van der Waals surface area contributed by atoms with E-state index >= 15 is 0 Å². The molecule has 0 aliphatic carbocycles. The maximum Gasteiger partial charge on any atom is 0.137 e. The summed E-state index contributed by atoms with van der Waals surface area (Å²) in [7, 11) is -2.87. The standard InChI is InChI=1S/C14H21NO3S/c1-2-3-5-8-13(16)11-12-19(18,15-17)14-9-6-4-7-10-14/h4,6-7,9-10,12,17H,2-3,5,8,11H2,1H3,(H,15,18). The third-order valence-electron chi connectivity index (χ3n) is 2.83. The average Bonchev–Trinajstić information content (AvgIpc) is 2.46. The predicted octanol–water partition coefficient (Wildman–Crippen LogP) is 2.57. The minimum absolute atomic E-state index is 0.0485. The molecular formula is C14H21NO3S. The van der Waals surface area contributed by atoms with E-state index in [1.54, 1.807) is 30.3 Å². The maximum atomic E-state index is 12.4. The Morgan fingerprint density at radius 2 is 2.00 bits per heavy atom. The molecular weight excluding hydrogens is 262 g/mol. The number of hydrogen-bond acceptors (Lipinski definition) is 3. The third-order valence-corrected chi connectivity index (χ3v) is 4.71. The lowest BCUT2D eigenvalue weighted by Crippen LogP contribution is -2.22. The first kappa shape index (κ1) is 15.9. The van der Waals surface area contributed by atoms with E-state index in [9.17, 15) is 9.00 Å². The van der Waals surface area contributed by atoms with Crippen LogP contribution in [0.5, 0.6) is 0 Å². The normalized spacial score (nSPS) is 13.8. The average molecular weight is 283 g/mol. The lowest BCUT2D eigenvalue weighted by atomic mass is 10.1. The summed E-state index contributed by atoms with van der Waals surface area (Å²) < 4.78 is 12.4. The zero-order valence-electron chi connectivity index (χ0n) is 11.2. The van der Waals surface area contributed by atoms with Gasteiger partial charge < -0.3 is 5.21 Å². The number of carbonyl (C=O) groups is 1. The molecule has 19 heavy (non-hydrogen) atoms. The first-order chi connectivity index (χ1) is 9.12. The van der Waals surface area contributed by atoms with Gasteiger partial charge in [-0.3, -0.25) is 4.79 Å². The highest BCUT2D eigenvalue weighted by atomic mass is 32.2. The van der Waals surface area contributed by atoms with Gasteiger partial charge in [0.2, 0.25) is 0 Å². The summed E-state index contributed by atoms with van der Waals surface area (Å²) in [6.07, 6.45) is 3.56. The van der Waals surface area contributed by atoms with Crippen LogP contribution >= 0.6 is 0 Å². The third kappa shape index (κ3) is 5.14. The van der Waals surface area contributed by atoms with Crippen LogP contribution < -0.4 is 4.89 Å². The fourth-order valence-electron chi connectivity index (χ4n) is 1.69. The van der Waals surface area contributed by atoms with Crippen molar-refractivity contribution in [2.75, 3.05) is 0 Å². The van der Waals surface area contributed by atoms with Crippen LogP contribution in [0.4, 0.5) is 0 Å². The first-order valence-corrected chi connectivity index (χ1v) is 8.09. The van der Waals surface area contributed by atoms with Crippen molar-refractivity contribution in [3.05, 3.63) is 30.3 Å². The van der Waals surface area contributed by atoms with Crippen molar-refractivity contribution in [2.24, 2.45) is 0 Å². The van der Waals surface area contributed by atoms with E-state index in [1.165, 1.54) is 5.37 Å². The first-order valence-electron chi connectivity index (χ1n) is 6.47. The monoisotopic (exact) mass is 283 g/mol. The second-order valence-corrected chi connectivity index (χ2v) is 6.56.